The van der Waals surface area contributed by atoms with Crippen LogP contribution in [0.5, 0.6) is 5.75 Å². The molecule has 0 saturated carbocycles. The van der Waals surface area contributed by atoms with E-state index in [4.69, 9.17) is 4.74 Å². The summed E-state index contributed by atoms with van der Waals surface area (Å²) in [6, 6.07) is 1.50. The van der Waals surface area contributed by atoms with E-state index in [9.17, 15) is 9.18 Å². The lowest BCUT2D eigenvalue weighted by Gasteiger charge is -2.17. The molecule has 2 nitrogen and oxygen atoms in total. The van der Waals surface area contributed by atoms with Gasteiger partial charge in [0.25, 0.3) is 0 Å². The van der Waals surface area contributed by atoms with E-state index >= 15 is 0 Å². The maximum Gasteiger partial charge on any atom is 0.130 e. The molecule has 0 saturated heterocycles. The van der Waals surface area contributed by atoms with Gasteiger partial charge >= 0.3 is 0 Å². The zero-order valence-electron chi connectivity index (χ0n) is 10.1. The van der Waals surface area contributed by atoms with Crippen LogP contribution in [0, 0.1) is 19.7 Å². The van der Waals surface area contributed by atoms with E-state index in [1.54, 1.807) is 6.92 Å². The molecular weight excluding hydrogens is 207 g/mol. The quantitative estimate of drug-likeness (QED) is 0.734. The van der Waals surface area contributed by atoms with Gasteiger partial charge in [-0.25, -0.2) is 4.39 Å². The van der Waals surface area contributed by atoms with Crippen molar-refractivity contribution in [2.75, 3.05) is 7.11 Å². The summed E-state index contributed by atoms with van der Waals surface area (Å²) in [5, 5.41) is 0. The minimum absolute atomic E-state index is 0.0153. The normalized spacial score (nSPS) is 12.3. The van der Waals surface area contributed by atoms with Crippen LogP contribution in [0.4, 0.5) is 4.39 Å². The minimum atomic E-state index is -0.282. The Morgan fingerprint density at radius 2 is 2.06 bits per heavy atom. The molecule has 1 rings (SSSR count). The summed E-state index contributed by atoms with van der Waals surface area (Å²) in [5.74, 6) is 0.310. The van der Waals surface area contributed by atoms with Crippen molar-refractivity contribution in [2.45, 2.75) is 33.1 Å². The lowest BCUT2D eigenvalue weighted by Crippen LogP contribution is -2.03. The first-order valence-electron chi connectivity index (χ1n) is 5.30. The Kier molecular flexibility index (Phi) is 4.05. The molecule has 0 amide bonds. The van der Waals surface area contributed by atoms with E-state index in [0.717, 1.165) is 17.4 Å². The van der Waals surface area contributed by atoms with Gasteiger partial charge in [0, 0.05) is 12.0 Å². The van der Waals surface area contributed by atoms with Crippen LogP contribution in [0.15, 0.2) is 6.07 Å². The average molecular weight is 224 g/mol. The fraction of sp³-hybridized carbons (Fsp3) is 0.462. The van der Waals surface area contributed by atoms with Crippen LogP contribution in [0.3, 0.4) is 0 Å². The number of methoxy groups -OCH3 is 1. The van der Waals surface area contributed by atoms with E-state index in [0.29, 0.717) is 17.7 Å². The molecule has 0 radical (unpaired) electrons. The number of benzene rings is 1. The van der Waals surface area contributed by atoms with Crippen LogP contribution in [-0.2, 0) is 4.79 Å². The van der Waals surface area contributed by atoms with Gasteiger partial charge in [0.05, 0.1) is 7.11 Å². The van der Waals surface area contributed by atoms with Crippen molar-refractivity contribution < 1.29 is 13.9 Å². The van der Waals surface area contributed by atoms with Crippen LogP contribution in [0.1, 0.15) is 36.0 Å². The number of aldehydes is 1. The molecule has 1 unspecified atom stereocenters. The van der Waals surface area contributed by atoms with Gasteiger partial charge in [0.1, 0.15) is 17.9 Å². The van der Waals surface area contributed by atoms with Crippen molar-refractivity contribution in [3.05, 3.63) is 28.6 Å². The van der Waals surface area contributed by atoms with E-state index < -0.39 is 0 Å². The predicted octanol–water partition coefficient (Wildman–Crippen LogP) is 3.14. The highest BCUT2D eigenvalue weighted by molar-refractivity contribution is 5.54. The third kappa shape index (κ3) is 2.23. The highest BCUT2D eigenvalue weighted by Crippen LogP contribution is 2.33. The van der Waals surface area contributed by atoms with Crippen LogP contribution in [0.25, 0.3) is 0 Å². The van der Waals surface area contributed by atoms with Crippen LogP contribution in [0.2, 0.25) is 0 Å². The Hall–Kier alpha value is -1.38. The first kappa shape index (κ1) is 12.7. The molecule has 0 fully saturated rings. The summed E-state index contributed by atoms with van der Waals surface area (Å²) >= 11 is 0. The van der Waals surface area contributed by atoms with E-state index in [2.05, 4.69) is 0 Å². The fourth-order valence-corrected chi connectivity index (χ4v) is 1.96. The third-order valence-electron chi connectivity index (χ3n) is 2.94. The molecule has 0 aliphatic carbocycles. The molecule has 0 bridgehead atoms. The van der Waals surface area contributed by atoms with Crippen molar-refractivity contribution in [2.24, 2.45) is 0 Å². The lowest BCUT2D eigenvalue weighted by molar-refractivity contribution is -0.108. The fourth-order valence-electron chi connectivity index (χ4n) is 1.96. The summed E-state index contributed by atoms with van der Waals surface area (Å²) in [4.78, 5) is 10.5. The Labute approximate surface area is 95.4 Å². The van der Waals surface area contributed by atoms with Crippen molar-refractivity contribution in [3.8, 4) is 5.75 Å². The number of halogens is 1. The molecule has 88 valence electrons. The van der Waals surface area contributed by atoms with Crippen LogP contribution in [-0.4, -0.2) is 13.4 Å². The summed E-state index contributed by atoms with van der Waals surface area (Å²) < 4.78 is 18.8. The highest BCUT2D eigenvalue weighted by atomic mass is 19.1. The summed E-state index contributed by atoms with van der Waals surface area (Å²) in [7, 11) is 1.53. The first-order chi connectivity index (χ1) is 7.52. The molecule has 0 spiro atoms. The summed E-state index contributed by atoms with van der Waals surface area (Å²) in [5.41, 5.74) is 2.27. The molecule has 1 atom stereocenters. The molecule has 16 heavy (non-hydrogen) atoms. The van der Waals surface area contributed by atoms with Gasteiger partial charge in [-0.1, -0.05) is 6.92 Å². The Bertz CT molecular complexity index is 399. The van der Waals surface area contributed by atoms with Gasteiger partial charge < -0.3 is 9.53 Å². The predicted molar refractivity (Wildman–Crippen MR) is 61.5 cm³/mol. The summed E-state index contributed by atoms with van der Waals surface area (Å²) in [6.45, 7) is 5.49. The molecule has 0 aliphatic heterocycles. The average Bonchev–Trinajstić information content (AvgIpc) is 2.24. The standard InChI is InChI=1S/C13H17FO2/c1-8(5-6-15)11-7-12(14)10(3)13(16-4)9(11)2/h6-8H,5H2,1-4H3. The van der Waals surface area contributed by atoms with Gasteiger partial charge in [0.2, 0.25) is 0 Å². The summed E-state index contributed by atoms with van der Waals surface area (Å²) in [6.07, 6.45) is 1.25. The SMILES string of the molecule is COc1c(C)c(F)cc(C(C)CC=O)c1C. The van der Waals surface area contributed by atoms with Gasteiger partial charge in [0.15, 0.2) is 0 Å². The van der Waals surface area contributed by atoms with E-state index in [1.807, 2.05) is 13.8 Å². The number of rotatable bonds is 4. The highest BCUT2D eigenvalue weighted by Gasteiger charge is 2.16. The number of carbonyl (C=O) groups is 1. The number of carbonyl (C=O) groups excluding carboxylic acids is 1. The number of hydrogen-bond acceptors (Lipinski definition) is 2. The van der Waals surface area contributed by atoms with Gasteiger partial charge in [-0.2, -0.15) is 0 Å². The van der Waals surface area contributed by atoms with E-state index in [-0.39, 0.29) is 11.7 Å². The zero-order chi connectivity index (χ0) is 12.3. The van der Waals surface area contributed by atoms with Gasteiger partial charge in [-0.15, -0.1) is 0 Å². The van der Waals surface area contributed by atoms with Gasteiger partial charge in [-0.3, -0.25) is 0 Å². The first-order valence-corrected chi connectivity index (χ1v) is 5.30. The Morgan fingerprint density at radius 1 is 1.44 bits per heavy atom. The number of hydrogen-bond donors (Lipinski definition) is 0. The molecule has 0 aromatic heterocycles. The second kappa shape index (κ2) is 5.10. The van der Waals surface area contributed by atoms with Crippen LogP contribution >= 0.6 is 0 Å². The second-order valence-corrected chi connectivity index (χ2v) is 4.03. The topological polar surface area (TPSA) is 26.3 Å². The largest absolute Gasteiger partial charge is 0.496 e. The molecule has 0 aliphatic rings. The molecule has 0 heterocycles. The maximum absolute atomic E-state index is 13.6. The van der Waals surface area contributed by atoms with E-state index in [1.165, 1.54) is 13.2 Å². The zero-order valence-corrected chi connectivity index (χ0v) is 10.1. The second-order valence-electron chi connectivity index (χ2n) is 4.03. The molecule has 0 N–H and O–H groups in total. The minimum Gasteiger partial charge on any atom is -0.496 e. The van der Waals surface area contributed by atoms with Crippen molar-refractivity contribution in [1.29, 1.82) is 0 Å². The lowest BCUT2D eigenvalue weighted by atomic mass is 9.92. The molecule has 3 heteroatoms. The Balaban J connectivity index is 3.30. The van der Waals surface area contributed by atoms with Gasteiger partial charge in [-0.05, 0) is 37.0 Å². The van der Waals surface area contributed by atoms with Crippen molar-refractivity contribution >= 4 is 6.29 Å². The van der Waals surface area contributed by atoms with Crippen molar-refractivity contribution in [1.82, 2.24) is 0 Å². The third-order valence-corrected chi connectivity index (χ3v) is 2.94. The smallest absolute Gasteiger partial charge is 0.130 e. The molecule has 1 aromatic rings. The Morgan fingerprint density at radius 3 is 2.56 bits per heavy atom. The molecule has 1 aromatic carbocycles. The number of ether oxygens (including phenoxy) is 1. The monoisotopic (exact) mass is 224 g/mol. The van der Waals surface area contributed by atoms with Crippen LogP contribution < -0.4 is 4.74 Å². The van der Waals surface area contributed by atoms with Crippen molar-refractivity contribution in [3.63, 3.8) is 0 Å². The maximum atomic E-state index is 13.6. The molecular formula is C13H17FO2.